The summed E-state index contributed by atoms with van der Waals surface area (Å²) >= 11 is 0. The highest BCUT2D eigenvalue weighted by atomic mass is 16.5. The number of hydrogen-bond acceptors (Lipinski definition) is 6. The van der Waals surface area contributed by atoms with E-state index in [1.54, 1.807) is 20.3 Å². The molecule has 186 valence electrons. The van der Waals surface area contributed by atoms with Crippen LogP contribution in [0.1, 0.15) is 17.8 Å². The van der Waals surface area contributed by atoms with E-state index in [1.165, 1.54) is 0 Å². The zero-order valence-corrected chi connectivity index (χ0v) is 20.3. The first-order valence-electron chi connectivity index (χ1n) is 11.9. The molecule has 1 N–H and O–H groups in total. The Bertz CT molecular complexity index is 1170. The average Bonchev–Trinajstić information content (AvgIpc) is 3.24. The lowest BCUT2D eigenvalue weighted by Gasteiger charge is -2.27. The third-order valence-electron chi connectivity index (χ3n) is 6.10. The first kappa shape index (κ1) is 24.5. The highest BCUT2D eigenvalue weighted by Crippen LogP contribution is 2.27. The molecule has 0 unspecified atom stereocenters. The van der Waals surface area contributed by atoms with Gasteiger partial charge in [-0.05, 0) is 36.2 Å². The van der Waals surface area contributed by atoms with Gasteiger partial charge in [-0.15, -0.1) is 0 Å². The zero-order valence-electron chi connectivity index (χ0n) is 20.3. The van der Waals surface area contributed by atoms with Gasteiger partial charge in [-0.3, -0.25) is 9.59 Å². The number of carbonyl (C=O) groups is 2. The first-order chi connectivity index (χ1) is 17.1. The Balaban J connectivity index is 1.34. The topological polar surface area (TPSA) is 94.9 Å². The minimum atomic E-state index is -0.0618. The average molecular weight is 481 g/mol. The van der Waals surface area contributed by atoms with Crippen LogP contribution in [0.25, 0.3) is 11.0 Å². The van der Waals surface area contributed by atoms with E-state index >= 15 is 0 Å². The fraction of sp³-hybridized carbons (Fsp3) is 0.423. The van der Waals surface area contributed by atoms with Gasteiger partial charge in [0.15, 0.2) is 11.5 Å². The maximum absolute atomic E-state index is 12.9. The molecule has 9 nitrogen and oxygen atoms in total. The van der Waals surface area contributed by atoms with Crippen LogP contribution in [0.5, 0.6) is 11.5 Å². The van der Waals surface area contributed by atoms with E-state index in [0.717, 1.165) is 22.4 Å². The number of morpholine rings is 1. The summed E-state index contributed by atoms with van der Waals surface area (Å²) in [6, 6.07) is 13.3. The van der Waals surface area contributed by atoms with Gasteiger partial charge in [0, 0.05) is 26.1 Å². The van der Waals surface area contributed by atoms with Crippen molar-refractivity contribution in [3.63, 3.8) is 0 Å². The lowest BCUT2D eigenvalue weighted by atomic mass is 10.1. The second-order valence-corrected chi connectivity index (χ2v) is 8.42. The van der Waals surface area contributed by atoms with Gasteiger partial charge < -0.3 is 29.0 Å². The molecule has 2 amide bonds. The highest BCUT2D eigenvalue weighted by Gasteiger charge is 2.20. The molecule has 1 fully saturated rings. The Labute approximate surface area is 205 Å². The van der Waals surface area contributed by atoms with Crippen molar-refractivity contribution in [2.24, 2.45) is 0 Å². The minimum absolute atomic E-state index is 0.0618. The normalized spacial score (nSPS) is 13.6. The molecule has 0 radical (unpaired) electrons. The molecule has 1 saturated heterocycles. The molecule has 0 saturated carbocycles. The van der Waals surface area contributed by atoms with Crippen LogP contribution in [0.3, 0.4) is 0 Å². The van der Waals surface area contributed by atoms with Crippen LogP contribution >= 0.6 is 0 Å². The quantitative estimate of drug-likeness (QED) is 0.447. The predicted molar refractivity (Wildman–Crippen MR) is 132 cm³/mol. The van der Waals surface area contributed by atoms with Crippen molar-refractivity contribution < 1.29 is 23.8 Å². The van der Waals surface area contributed by atoms with Crippen LogP contribution in [-0.4, -0.2) is 73.3 Å². The van der Waals surface area contributed by atoms with E-state index in [-0.39, 0.29) is 24.8 Å². The van der Waals surface area contributed by atoms with Crippen LogP contribution in [-0.2, 0) is 33.7 Å². The van der Waals surface area contributed by atoms with Gasteiger partial charge in [-0.1, -0.05) is 18.2 Å². The Kier molecular flexibility index (Phi) is 8.20. The number of para-hydroxylation sites is 2. The number of nitrogens with zero attached hydrogens (tertiary/aromatic N) is 3. The molecule has 1 aromatic heterocycles. The van der Waals surface area contributed by atoms with E-state index in [2.05, 4.69) is 5.32 Å². The van der Waals surface area contributed by atoms with Crippen LogP contribution in [0, 0.1) is 0 Å². The molecule has 0 spiro atoms. The van der Waals surface area contributed by atoms with Crippen molar-refractivity contribution in [1.29, 1.82) is 0 Å². The molecule has 2 aromatic carbocycles. The summed E-state index contributed by atoms with van der Waals surface area (Å²) in [7, 11) is 3.15. The number of ether oxygens (including phenoxy) is 3. The summed E-state index contributed by atoms with van der Waals surface area (Å²) in [5.74, 6) is 2.09. The lowest BCUT2D eigenvalue weighted by molar-refractivity contribution is -0.135. The predicted octanol–water partition coefficient (Wildman–Crippen LogP) is 2.20. The Morgan fingerprint density at radius 2 is 1.83 bits per heavy atom. The number of benzene rings is 2. The van der Waals surface area contributed by atoms with Crippen molar-refractivity contribution >= 4 is 22.8 Å². The summed E-state index contributed by atoms with van der Waals surface area (Å²) in [6.45, 7) is 3.16. The molecule has 0 atom stereocenters. The number of aromatic nitrogens is 2. The van der Waals surface area contributed by atoms with E-state index in [4.69, 9.17) is 19.2 Å². The summed E-state index contributed by atoms with van der Waals surface area (Å²) in [4.78, 5) is 31.9. The molecule has 2 heterocycles. The summed E-state index contributed by atoms with van der Waals surface area (Å²) in [5.41, 5.74) is 2.67. The monoisotopic (exact) mass is 480 g/mol. The first-order valence-corrected chi connectivity index (χ1v) is 11.9. The molecule has 0 bridgehead atoms. The SMILES string of the molecule is COc1ccc(CC(=O)NCCCc2nc3ccccc3n2CC(=O)N2CCOCC2)cc1OC. The number of hydrogen-bond donors (Lipinski definition) is 1. The zero-order chi connectivity index (χ0) is 24.6. The number of amides is 2. The van der Waals surface area contributed by atoms with E-state index in [9.17, 15) is 9.59 Å². The Morgan fingerprint density at radius 1 is 1.06 bits per heavy atom. The summed E-state index contributed by atoms with van der Waals surface area (Å²) in [6.07, 6.45) is 1.63. The van der Waals surface area contributed by atoms with Crippen molar-refractivity contribution in [2.45, 2.75) is 25.8 Å². The molecule has 3 aromatic rings. The molecular weight excluding hydrogens is 448 g/mol. The Morgan fingerprint density at radius 3 is 2.60 bits per heavy atom. The second-order valence-electron chi connectivity index (χ2n) is 8.42. The fourth-order valence-corrected chi connectivity index (χ4v) is 4.25. The van der Waals surface area contributed by atoms with Crippen molar-refractivity contribution in [3.05, 3.63) is 53.9 Å². The Hall–Kier alpha value is -3.59. The molecule has 1 aliphatic rings. The van der Waals surface area contributed by atoms with Gasteiger partial charge in [0.25, 0.3) is 0 Å². The third-order valence-corrected chi connectivity index (χ3v) is 6.10. The molecule has 4 rings (SSSR count). The second kappa shape index (κ2) is 11.7. The smallest absolute Gasteiger partial charge is 0.242 e. The van der Waals surface area contributed by atoms with E-state index < -0.39 is 0 Å². The van der Waals surface area contributed by atoms with Gasteiger partial charge in [-0.25, -0.2) is 4.98 Å². The van der Waals surface area contributed by atoms with Gasteiger partial charge in [0.2, 0.25) is 11.8 Å². The largest absolute Gasteiger partial charge is 0.493 e. The van der Waals surface area contributed by atoms with E-state index in [1.807, 2.05) is 45.9 Å². The molecule has 9 heteroatoms. The van der Waals surface area contributed by atoms with Crippen molar-refractivity contribution in [2.75, 3.05) is 47.1 Å². The maximum Gasteiger partial charge on any atom is 0.242 e. The number of carbonyl (C=O) groups excluding carboxylic acids is 2. The number of nitrogens with one attached hydrogen (secondary N) is 1. The fourth-order valence-electron chi connectivity index (χ4n) is 4.25. The van der Waals surface area contributed by atoms with E-state index in [0.29, 0.717) is 57.2 Å². The van der Waals surface area contributed by atoms with Gasteiger partial charge in [0.05, 0.1) is 44.9 Å². The number of methoxy groups -OCH3 is 2. The van der Waals surface area contributed by atoms with Gasteiger partial charge in [0.1, 0.15) is 12.4 Å². The minimum Gasteiger partial charge on any atom is -0.493 e. The third kappa shape index (κ3) is 6.10. The molecular formula is C26H32N4O5. The number of rotatable bonds is 10. The van der Waals surface area contributed by atoms with Crippen LogP contribution in [0.2, 0.25) is 0 Å². The summed E-state index contributed by atoms with van der Waals surface area (Å²) in [5, 5.41) is 2.98. The van der Waals surface area contributed by atoms with Crippen LogP contribution in [0.4, 0.5) is 0 Å². The molecule has 1 aliphatic heterocycles. The molecule has 35 heavy (non-hydrogen) atoms. The number of aryl methyl sites for hydroxylation is 1. The van der Waals surface area contributed by atoms with Crippen molar-refractivity contribution in [1.82, 2.24) is 19.8 Å². The van der Waals surface area contributed by atoms with Gasteiger partial charge >= 0.3 is 0 Å². The van der Waals surface area contributed by atoms with Crippen molar-refractivity contribution in [3.8, 4) is 11.5 Å². The van der Waals surface area contributed by atoms with Gasteiger partial charge in [-0.2, -0.15) is 0 Å². The van der Waals surface area contributed by atoms with Crippen LogP contribution < -0.4 is 14.8 Å². The van der Waals surface area contributed by atoms with Crippen LogP contribution in [0.15, 0.2) is 42.5 Å². The standard InChI is InChI=1S/C26H32N4O5/c1-33-22-10-9-19(16-23(22)34-2)17-25(31)27-11-5-8-24-28-20-6-3-4-7-21(20)30(24)18-26(32)29-12-14-35-15-13-29/h3-4,6-7,9-10,16H,5,8,11-15,17-18H2,1-2H3,(H,27,31). The lowest BCUT2D eigenvalue weighted by Crippen LogP contribution is -2.42. The highest BCUT2D eigenvalue weighted by molar-refractivity contribution is 5.81. The number of imidazole rings is 1. The summed E-state index contributed by atoms with van der Waals surface area (Å²) < 4.78 is 17.9. The maximum atomic E-state index is 12.9. The number of fused-ring (bicyclic) bond motifs is 1. The molecule has 0 aliphatic carbocycles.